The molecule has 1 saturated heterocycles. The third kappa shape index (κ3) is 4.25. The number of rotatable bonds is 6. The first-order valence-corrected chi connectivity index (χ1v) is 7.05. The molecule has 0 aromatic rings. The van der Waals surface area contributed by atoms with E-state index >= 15 is 0 Å². The van der Waals surface area contributed by atoms with Crippen LogP contribution in [0.5, 0.6) is 0 Å². The van der Waals surface area contributed by atoms with Gasteiger partial charge in [-0.2, -0.15) is 0 Å². The minimum atomic E-state index is -0.145. The summed E-state index contributed by atoms with van der Waals surface area (Å²) in [4.78, 5) is 11.8. The van der Waals surface area contributed by atoms with Gasteiger partial charge < -0.3 is 14.8 Å². The van der Waals surface area contributed by atoms with Crippen LogP contribution < -0.4 is 5.32 Å². The average Bonchev–Trinajstić information content (AvgIpc) is 2.29. The third-order valence-corrected chi connectivity index (χ3v) is 3.59. The van der Waals surface area contributed by atoms with E-state index in [0.717, 1.165) is 26.0 Å². The number of carbonyl (C=O) groups excluding carboxylic acids is 1. The van der Waals surface area contributed by atoms with Crippen LogP contribution in [-0.4, -0.2) is 37.4 Å². The lowest BCUT2D eigenvalue weighted by atomic mass is 9.80. The molecular weight excluding hydrogens is 230 g/mol. The maximum absolute atomic E-state index is 11.8. The highest BCUT2D eigenvalue weighted by Gasteiger charge is 2.39. The molecule has 0 aromatic carbocycles. The molecule has 0 radical (unpaired) electrons. The molecule has 0 aliphatic carbocycles. The highest BCUT2D eigenvalue weighted by atomic mass is 16.5. The second-order valence-electron chi connectivity index (χ2n) is 5.40. The second-order valence-corrected chi connectivity index (χ2v) is 5.40. The van der Waals surface area contributed by atoms with Gasteiger partial charge in [-0.15, -0.1) is 0 Å². The van der Waals surface area contributed by atoms with E-state index in [1.165, 1.54) is 0 Å². The third-order valence-electron chi connectivity index (χ3n) is 3.59. The quantitative estimate of drug-likeness (QED) is 0.740. The average molecular weight is 257 g/mol. The van der Waals surface area contributed by atoms with Gasteiger partial charge in [0.1, 0.15) is 0 Å². The first kappa shape index (κ1) is 15.4. The minimum absolute atomic E-state index is 0.108. The monoisotopic (exact) mass is 257 g/mol. The highest BCUT2D eigenvalue weighted by molar-refractivity contribution is 5.71. The number of carbonyl (C=O) groups is 1. The first-order chi connectivity index (χ1) is 8.53. The number of ether oxygens (including phenoxy) is 2. The molecule has 4 heteroatoms. The fourth-order valence-corrected chi connectivity index (χ4v) is 2.63. The van der Waals surface area contributed by atoms with Crippen molar-refractivity contribution in [1.29, 1.82) is 0 Å². The zero-order valence-corrected chi connectivity index (χ0v) is 12.1. The predicted molar refractivity (Wildman–Crippen MR) is 71.5 cm³/mol. The Labute approximate surface area is 110 Å². The molecule has 0 saturated carbocycles. The molecule has 1 rings (SSSR count). The van der Waals surface area contributed by atoms with Gasteiger partial charge in [-0.3, -0.25) is 4.79 Å². The molecule has 2 atom stereocenters. The van der Waals surface area contributed by atoms with Crippen LogP contribution in [0.15, 0.2) is 0 Å². The van der Waals surface area contributed by atoms with E-state index in [-0.39, 0.29) is 17.6 Å². The molecule has 1 aliphatic heterocycles. The molecule has 2 unspecified atom stereocenters. The molecule has 0 spiro atoms. The summed E-state index contributed by atoms with van der Waals surface area (Å²) >= 11 is 0. The molecule has 0 bridgehead atoms. The van der Waals surface area contributed by atoms with E-state index in [1.807, 2.05) is 6.92 Å². The first-order valence-electron chi connectivity index (χ1n) is 7.05. The van der Waals surface area contributed by atoms with Crippen molar-refractivity contribution in [1.82, 2.24) is 5.32 Å². The Hall–Kier alpha value is -0.610. The summed E-state index contributed by atoms with van der Waals surface area (Å²) in [5, 5.41) is 3.49. The number of esters is 1. The van der Waals surface area contributed by atoms with Crippen molar-refractivity contribution in [2.45, 2.75) is 58.6 Å². The van der Waals surface area contributed by atoms with Crippen LogP contribution in [-0.2, 0) is 14.3 Å². The minimum Gasteiger partial charge on any atom is -0.466 e. The van der Waals surface area contributed by atoms with Crippen LogP contribution in [0.3, 0.4) is 0 Å². The second kappa shape index (κ2) is 7.10. The Morgan fingerprint density at radius 1 is 1.50 bits per heavy atom. The fourth-order valence-electron chi connectivity index (χ4n) is 2.63. The Balaban J connectivity index is 2.69. The van der Waals surface area contributed by atoms with Crippen LogP contribution in [0.1, 0.15) is 47.0 Å². The zero-order chi connectivity index (χ0) is 13.6. The number of nitrogens with one attached hydrogen (secondary N) is 1. The lowest BCUT2D eigenvalue weighted by Gasteiger charge is -2.42. The van der Waals surface area contributed by atoms with Crippen molar-refractivity contribution >= 4 is 5.97 Å². The van der Waals surface area contributed by atoms with Gasteiger partial charge in [-0.1, -0.05) is 20.8 Å². The Bertz CT molecular complexity index is 264. The van der Waals surface area contributed by atoms with Gasteiger partial charge in [-0.25, -0.2) is 0 Å². The van der Waals surface area contributed by atoms with Crippen LogP contribution >= 0.6 is 0 Å². The van der Waals surface area contributed by atoms with Gasteiger partial charge in [-0.05, 0) is 32.2 Å². The highest BCUT2D eigenvalue weighted by Crippen LogP contribution is 2.31. The molecule has 18 heavy (non-hydrogen) atoms. The van der Waals surface area contributed by atoms with Crippen molar-refractivity contribution in [2.75, 3.05) is 19.8 Å². The normalized spacial score (nSPS) is 28.4. The van der Waals surface area contributed by atoms with Gasteiger partial charge in [0.15, 0.2) is 0 Å². The molecule has 0 amide bonds. The van der Waals surface area contributed by atoms with E-state index in [4.69, 9.17) is 9.47 Å². The molecule has 4 nitrogen and oxygen atoms in total. The molecule has 0 aromatic heterocycles. The lowest BCUT2D eigenvalue weighted by Crippen LogP contribution is -2.54. The van der Waals surface area contributed by atoms with Crippen LogP contribution in [0.2, 0.25) is 0 Å². The summed E-state index contributed by atoms with van der Waals surface area (Å²) in [6.07, 6.45) is 2.44. The summed E-state index contributed by atoms with van der Waals surface area (Å²) in [6, 6.07) is 0. The van der Waals surface area contributed by atoms with E-state index in [0.29, 0.717) is 18.9 Å². The number of hydrogen-bond acceptors (Lipinski definition) is 4. The summed E-state index contributed by atoms with van der Waals surface area (Å²) < 4.78 is 10.9. The summed E-state index contributed by atoms with van der Waals surface area (Å²) in [5.74, 6) is 0.369. The standard InChI is InChI=1S/C14H27NO3/c1-5-15-14(10-13(16)17-6-2)7-8-18-12(9-14)11(3)4/h11-12,15H,5-10H2,1-4H3. The van der Waals surface area contributed by atoms with Crippen LogP contribution in [0.4, 0.5) is 0 Å². The van der Waals surface area contributed by atoms with Crippen LogP contribution in [0, 0.1) is 5.92 Å². The lowest BCUT2D eigenvalue weighted by molar-refractivity contribution is -0.147. The molecular formula is C14H27NO3. The number of hydrogen-bond donors (Lipinski definition) is 1. The molecule has 1 heterocycles. The van der Waals surface area contributed by atoms with E-state index in [9.17, 15) is 4.79 Å². The summed E-state index contributed by atoms with van der Waals surface area (Å²) in [5.41, 5.74) is -0.145. The van der Waals surface area contributed by atoms with E-state index in [2.05, 4.69) is 26.1 Å². The van der Waals surface area contributed by atoms with Gasteiger partial charge in [0, 0.05) is 12.1 Å². The topological polar surface area (TPSA) is 47.6 Å². The maximum atomic E-state index is 11.8. The molecule has 106 valence electrons. The SMILES string of the molecule is CCNC1(CC(=O)OCC)CCOC(C(C)C)C1. The van der Waals surface area contributed by atoms with Crippen molar-refractivity contribution < 1.29 is 14.3 Å². The van der Waals surface area contributed by atoms with Gasteiger partial charge in [0.2, 0.25) is 0 Å². The smallest absolute Gasteiger partial charge is 0.307 e. The van der Waals surface area contributed by atoms with E-state index < -0.39 is 0 Å². The van der Waals surface area contributed by atoms with Crippen molar-refractivity contribution in [3.63, 3.8) is 0 Å². The fraction of sp³-hybridized carbons (Fsp3) is 0.929. The zero-order valence-electron chi connectivity index (χ0n) is 12.1. The van der Waals surface area contributed by atoms with Gasteiger partial charge in [0.25, 0.3) is 0 Å². The Morgan fingerprint density at radius 2 is 2.22 bits per heavy atom. The van der Waals surface area contributed by atoms with Crippen molar-refractivity contribution in [3.05, 3.63) is 0 Å². The maximum Gasteiger partial charge on any atom is 0.307 e. The Morgan fingerprint density at radius 3 is 2.78 bits per heavy atom. The summed E-state index contributed by atoms with van der Waals surface area (Å²) in [6.45, 7) is 10.3. The van der Waals surface area contributed by atoms with E-state index in [1.54, 1.807) is 0 Å². The Kier molecular flexibility index (Phi) is 6.09. The molecule has 1 N–H and O–H groups in total. The summed E-state index contributed by atoms with van der Waals surface area (Å²) in [7, 11) is 0. The largest absolute Gasteiger partial charge is 0.466 e. The molecule has 1 fully saturated rings. The van der Waals surface area contributed by atoms with Gasteiger partial charge >= 0.3 is 5.97 Å². The van der Waals surface area contributed by atoms with Crippen molar-refractivity contribution in [3.8, 4) is 0 Å². The molecule has 1 aliphatic rings. The van der Waals surface area contributed by atoms with Crippen molar-refractivity contribution in [2.24, 2.45) is 5.92 Å². The van der Waals surface area contributed by atoms with Crippen LogP contribution in [0.25, 0.3) is 0 Å². The van der Waals surface area contributed by atoms with Gasteiger partial charge in [0.05, 0.1) is 19.1 Å². The predicted octanol–water partition coefficient (Wildman–Crippen LogP) is 2.12.